The van der Waals surface area contributed by atoms with Crippen LogP contribution < -0.4 is 10.2 Å². The van der Waals surface area contributed by atoms with Crippen LogP contribution in [0.15, 0.2) is 53.1 Å². The van der Waals surface area contributed by atoms with Gasteiger partial charge in [0.25, 0.3) is 0 Å². The van der Waals surface area contributed by atoms with E-state index in [9.17, 15) is 4.79 Å². The van der Waals surface area contributed by atoms with Gasteiger partial charge in [-0.25, -0.2) is 9.78 Å². The molecule has 1 N–H and O–H groups in total. The van der Waals surface area contributed by atoms with Gasteiger partial charge in [0.2, 0.25) is 0 Å². The number of thiazole rings is 1. The Balaban J connectivity index is 1.03. The van der Waals surface area contributed by atoms with Gasteiger partial charge < -0.3 is 19.5 Å². The summed E-state index contributed by atoms with van der Waals surface area (Å²) in [4.78, 5) is 20.1. The monoisotopic (exact) mass is 618 g/mol. The lowest BCUT2D eigenvalue weighted by Gasteiger charge is -2.55. The molecule has 3 aromatic carbocycles. The molecule has 9 rings (SSSR count). The number of rotatable bonds is 7. The van der Waals surface area contributed by atoms with E-state index in [1.54, 1.807) is 11.3 Å². The maximum absolute atomic E-state index is 12.5. The van der Waals surface area contributed by atoms with Gasteiger partial charge in [-0.3, -0.25) is 0 Å². The molecule has 42 heavy (non-hydrogen) atoms. The average molecular weight is 620 g/mol. The topological polar surface area (TPSA) is 80.5 Å². The molecule has 2 atom stereocenters. The number of fused-ring (bicyclic) bond motifs is 5. The summed E-state index contributed by atoms with van der Waals surface area (Å²) in [7, 11) is 1.42. The second kappa shape index (κ2) is 10.2. The first-order chi connectivity index (χ1) is 20.5. The van der Waals surface area contributed by atoms with E-state index in [4.69, 9.17) is 37.4 Å². The summed E-state index contributed by atoms with van der Waals surface area (Å²) >= 11 is 14.8. The molecule has 214 valence electrons. The molecule has 2 aliphatic heterocycles. The van der Waals surface area contributed by atoms with Crippen molar-refractivity contribution in [2.24, 2.45) is 0 Å². The Morgan fingerprint density at radius 1 is 1.07 bits per heavy atom. The Bertz CT molecular complexity index is 1830. The first kappa shape index (κ1) is 26.5. The average Bonchev–Trinajstić information content (AvgIpc) is 3.63. The lowest BCUT2D eigenvalue weighted by atomic mass is 9.77. The van der Waals surface area contributed by atoms with Crippen LogP contribution in [-0.4, -0.2) is 41.3 Å². The van der Waals surface area contributed by atoms with Crippen LogP contribution in [0.3, 0.4) is 0 Å². The largest absolute Gasteiger partial charge is 0.465 e. The molecule has 2 bridgehead atoms. The molecule has 2 unspecified atom stereocenters. The maximum atomic E-state index is 12.5. The molecule has 4 aliphatic rings. The SMILES string of the molecule is COC(=O)c1cc2sc(N3C4CC(NCc5c(-c6c(Cl)cccc6Cl)noc5C5CC5)CC3C4)nc2c2ccccc12. The zero-order valence-corrected chi connectivity index (χ0v) is 25.2. The second-order valence-corrected chi connectivity index (χ2v) is 13.4. The second-order valence-electron chi connectivity index (χ2n) is 11.5. The van der Waals surface area contributed by atoms with Crippen molar-refractivity contribution < 1.29 is 14.1 Å². The van der Waals surface area contributed by atoms with Crippen LogP contribution in [0.5, 0.6) is 0 Å². The van der Waals surface area contributed by atoms with Gasteiger partial charge in [-0.15, -0.1) is 0 Å². The molecule has 2 saturated heterocycles. The van der Waals surface area contributed by atoms with Crippen LogP contribution in [0.1, 0.15) is 59.7 Å². The van der Waals surface area contributed by atoms with Crippen LogP contribution in [0.4, 0.5) is 5.13 Å². The number of carbonyl (C=O) groups is 1. The Kier molecular flexibility index (Phi) is 6.44. The van der Waals surface area contributed by atoms with Gasteiger partial charge in [0.05, 0.1) is 32.9 Å². The van der Waals surface area contributed by atoms with Crippen molar-refractivity contribution in [1.29, 1.82) is 0 Å². The van der Waals surface area contributed by atoms with Crippen molar-refractivity contribution in [3.63, 3.8) is 0 Å². The van der Waals surface area contributed by atoms with Gasteiger partial charge in [0.15, 0.2) is 5.13 Å². The fourth-order valence-electron chi connectivity index (χ4n) is 6.81. The lowest BCUT2D eigenvalue weighted by Crippen LogP contribution is -2.64. The molecule has 0 spiro atoms. The molecule has 0 radical (unpaired) electrons. The van der Waals surface area contributed by atoms with Crippen molar-refractivity contribution in [2.75, 3.05) is 12.0 Å². The van der Waals surface area contributed by atoms with Gasteiger partial charge in [-0.1, -0.05) is 70.0 Å². The van der Waals surface area contributed by atoms with E-state index in [1.807, 2.05) is 48.5 Å². The fourth-order valence-corrected chi connectivity index (χ4v) is 8.56. The van der Waals surface area contributed by atoms with Crippen molar-refractivity contribution in [3.05, 3.63) is 75.5 Å². The Labute approximate surface area is 256 Å². The first-order valence-corrected chi connectivity index (χ1v) is 15.9. The number of nitrogens with zero attached hydrogens (tertiary/aromatic N) is 3. The highest BCUT2D eigenvalue weighted by Crippen LogP contribution is 2.48. The minimum atomic E-state index is -0.324. The number of aromatic nitrogens is 2. The van der Waals surface area contributed by atoms with Crippen molar-refractivity contribution in [3.8, 4) is 11.3 Å². The molecule has 2 aromatic heterocycles. The van der Waals surface area contributed by atoms with E-state index in [0.29, 0.717) is 46.2 Å². The van der Waals surface area contributed by atoms with Crippen LogP contribution in [0, 0.1) is 0 Å². The minimum absolute atomic E-state index is 0.324. The molecular formula is C32H28Cl2N4O3S. The van der Waals surface area contributed by atoms with Crippen molar-refractivity contribution in [2.45, 2.75) is 62.7 Å². The van der Waals surface area contributed by atoms with Gasteiger partial charge in [0, 0.05) is 47.1 Å². The van der Waals surface area contributed by atoms with Gasteiger partial charge >= 0.3 is 5.97 Å². The molecule has 7 nitrogen and oxygen atoms in total. The number of benzene rings is 3. The van der Waals surface area contributed by atoms with E-state index in [-0.39, 0.29) is 5.97 Å². The van der Waals surface area contributed by atoms with Crippen LogP contribution in [0.25, 0.3) is 32.2 Å². The van der Waals surface area contributed by atoms with Gasteiger partial charge in [-0.2, -0.15) is 0 Å². The molecule has 2 saturated carbocycles. The van der Waals surface area contributed by atoms with E-state index in [0.717, 1.165) is 74.4 Å². The van der Waals surface area contributed by atoms with E-state index >= 15 is 0 Å². The number of nitrogens with one attached hydrogen (secondary N) is 1. The lowest BCUT2D eigenvalue weighted by molar-refractivity contribution is 0.0603. The third kappa shape index (κ3) is 4.30. The maximum Gasteiger partial charge on any atom is 0.338 e. The fraction of sp³-hybridized carbons (Fsp3) is 0.344. The highest BCUT2D eigenvalue weighted by atomic mass is 35.5. The Morgan fingerprint density at radius 3 is 2.52 bits per heavy atom. The summed E-state index contributed by atoms with van der Waals surface area (Å²) < 4.78 is 12.0. The number of piperidine rings is 1. The number of hydrogen-bond acceptors (Lipinski definition) is 8. The van der Waals surface area contributed by atoms with Crippen molar-refractivity contribution >= 4 is 66.6 Å². The van der Waals surface area contributed by atoms with Crippen LogP contribution in [0.2, 0.25) is 10.0 Å². The van der Waals surface area contributed by atoms with Crippen LogP contribution >= 0.6 is 34.5 Å². The number of ether oxygens (including phenoxy) is 1. The Morgan fingerprint density at radius 2 is 1.81 bits per heavy atom. The highest BCUT2D eigenvalue weighted by Gasteiger charge is 2.46. The third-order valence-electron chi connectivity index (χ3n) is 8.99. The molecule has 10 heteroatoms. The molecular weight excluding hydrogens is 591 g/mol. The molecule has 4 heterocycles. The standard InChI is InChI=1S/C32H28Cl2N4O3S/c1-40-31(39)22-14-26-28(21-6-3-2-5-20(21)22)36-32(42-26)38-18-11-17(12-19(38)13-18)35-15-23-29(37-41-30(23)16-9-10-16)27-24(33)7-4-8-25(27)34/h2-8,14,16-19,35H,9-13,15H2,1H3. The zero-order valence-electron chi connectivity index (χ0n) is 22.9. The predicted octanol–water partition coefficient (Wildman–Crippen LogP) is 7.97. The Hall–Kier alpha value is -3.17. The predicted molar refractivity (Wildman–Crippen MR) is 167 cm³/mol. The summed E-state index contributed by atoms with van der Waals surface area (Å²) in [5.74, 6) is 1.06. The first-order valence-electron chi connectivity index (χ1n) is 14.3. The minimum Gasteiger partial charge on any atom is -0.465 e. The number of anilines is 1. The van der Waals surface area contributed by atoms with Gasteiger partial charge in [-0.05, 0) is 55.7 Å². The number of methoxy groups -OCH3 is 1. The third-order valence-corrected chi connectivity index (χ3v) is 10.6. The van der Waals surface area contributed by atoms with E-state index in [2.05, 4.69) is 15.4 Å². The summed E-state index contributed by atoms with van der Waals surface area (Å²) in [6, 6.07) is 16.6. The highest BCUT2D eigenvalue weighted by molar-refractivity contribution is 7.22. The van der Waals surface area contributed by atoms with Crippen LogP contribution in [-0.2, 0) is 11.3 Å². The van der Waals surface area contributed by atoms with Gasteiger partial charge in [0.1, 0.15) is 11.5 Å². The smallest absolute Gasteiger partial charge is 0.338 e. The van der Waals surface area contributed by atoms with E-state index < -0.39 is 0 Å². The summed E-state index contributed by atoms with van der Waals surface area (Å²) in [6.45, 7) is 0.666. The number of carbonyl (C=O) groups excluding carboxylic acids is 1. The van der Waals surface area contributed by atoms with E-state index in [1.165, 1.54) is 13.5 Å². The van der Waals surface area contributed by atoms with Crippen molar-refractivity contribution in [1.82, 2.24) is 15.5 Å². The molecule has 5 aromatic rings. The summed E-state index contributed by atoms with van der Waals surface area (Å²) in [5, 5.41) is 12.3. The normalized spacial score (nSPS) is 21.6. The quantitative estimate of drug-likeness (QED) is 0.185. The number of esters is 1. The number of halogens is 2. The summed E-state index contributed by atoms with van der Waals surface area (Å²) in [6.07, 6.45) is 5.49. The number of hydrogen-bond donors (Lipinski definition) is 1. The zero-order chi connectivity index (χ0) is 28.5. The summed E-state index contributed by atoms with van der Waals surface area (Å²) in [5.41, 5.74) is 4.09. The molecule has 0 amide bonds. The molecule has 2 aliphatic carbocycles. The molecule has 4 fully saturated rings.